The molecule has 0 radical (unpaired) electrons. The van der Waals surface area contributed by atoms with E-state index in [-0.39, 0.29) is 12.0 Å². The maximum atomic E-state index is 12.2. The van der Waals surface area contributed by atoms with Crippen LogP contribution in [-0.2, 0) is 14.3 Å². The minimum absolute atomic E-state index is 0.0540. The molecule has 2 saturated heterocycles. The summed E-state index contributed by atoms with van der Waals surface area (Å²) in [5.74, 6) is -0.746. The van der Waals surface area contributed by atoms with Crippen LogP contribution in [0.25, 0.3) is 0 Å². The van der Waals surface area contributed by atoms with Gasteiger partial charge in [-0.1, -0.05) is 0 Å². The lowest BCUT2D eigenvalue weighted by Crippen LogP contribution is -2.41. The number of piperidine rings is 1. The predicted molar refractivity (Wildman–Crippen MR) is 92.1 cm³/mol. The summed E-state index contributed by atoms with van der Waals surface area (Å²) < 4.78 is 5.39. The Bertz CT molecular complexity index is 506. The molecule has 2 heterocycles. The van der Waals surface area contributed by atoms with Crippen molar-refractivity contribution in [3.05, 3.63) is 0 Å². The summed E-state index contributed by atoms with van der Waals surface area (Å²) in [5.41, 5.74) is -0.482. The first-order valence-corrected chi connectivity index (χ1v) is 9.14. The molecule has 0 spiro atoms. The average molecular weight is 354 g/mol. The maximum Gasteiger partial charge on any atom is 0.410 e. The molecule has 0 bridgehead atoms. The summed E-state index contributed by atoms with van der Waals surface area (Å²) in [6.45, 7) is 7.79. The Hall–Kier alpha value is -1.79. The van der Waals surface area contributed by atoms with Crippen molar-refractivity contribution in [1.82, 2.24) is 9.80 Å². The number of rotatable bonds is 4. The first-order chi connectivity index (χ1) is 11.7. The molecule has 0 aromatic rings. The Kier molecular flexibility index (Phi) is 6.30. The zero-order chi connectivity index (χ0) is 18.6. The number of hydrogen-bond acceptors (Lipinski definition) is 4. The van der Waals surface area contributed by atoms with Gasteiger partial charge in [-0.3, -0.25) is 9.59 Å². The van der Waals surface area contributed by atoms with Gasteiger partial charge in [-0.05, 0) is 52.4 Å². The van der Waals surface area contributed by atoms with Crippen molar-refractivity contribution < 1.29 is 24.2 Å². The van der Waals surface area contributed by atoms with Crippen LogP contribution in [0.2, 0.25) is 0 Å². The molecule has 2 fully saturated rings. The lowest BCUT2D eigenvalue weighted by Gasteiger charge is -2.33. The van der Waals surface area contributed by atoms with Gasteiger partial charge in [0.25, 0.3) is 0 Å². The van der Waals surface area contributed by atoms with Gasteiger partial charge in [0, 0.05) is 32.6 Å². The third-order valence-corrected chi connectivity index (χ3v) is 4.92. The highest BCUT2D eigenvalue weighted by Crippen LogP contribution is 2.25. The number of aliphatic carboxylic acids is 1. The van der Waals surface area contributed by atoms with Crippen molar-refractivity contribution >= 4 is 18.0 Å². The predicted octanol–water partition coefficient (Wildman–Crippen LogP) is 2.35. The standard InChI is InChI=1S/C18H30N2O5/c1-18(2,3)25-17(24)19-9-6-13(7-10-19)4-5-15(21)20-11-8-14(12-20)16(22)23/h13-14H,4-12H2,1-3H3,(H,22,23). The van der Waals surface area contributed by atoms with E-state index in [9.17, 15) is 14.4 Å². The van der Waals surface area contributed by atoms with Crippen LogP contribution in [0, 0.1) is 11.8 Å². The van der Waals surface area contributed by atoms with Gasteiger partial charge in [-0.25, -0.2) is 4.79 Å². The van der Waals surface area contributed by atoms with Crippen LogP contribution in [-0.4, -0.2) is 64.7 Å². The SMILES string of the molecule is CC(C)(C)OC(=O)N1CCC(CCC(=O)N2CCC(C(=O)O)C2)CC1. The van der Waals surface area contributed by atoms with E-state index in [2.05, 4.69) is 0 Å². The Morgan fingerprint density at radius 3 is 2.16 bits per heavy atom. The summed E-state index contributed by atoms with van der Waals surface area (Å²) in [7, 11) is 0. The van der Waals surface area contributed by atoms with Crippen LogP contribution in [0.15, 0.2) is 0 Å². The van der Waals surface area contributed by atoms with Crippen molar-refractivity contribution in [3.63, 3.8) is 0 Å². The van der Waals surface area contributed by atoms with Crippen molar-refractivity contribution in [2.75, 3.05) is 26.2 Å². The molecule has 2 amide bonds. The van der Waals surface area contributed by atoms with Gasteiger partial charge >= 0.3 is 12.1 Å². The van der Waals surface area contributed by atoms with E-state index in [4.69, 9.17) is 9.84 Å². The molecule has 0 aromatic heterocycles. The van der Waals surface area contributed by atoms with Gasteiger partial charge in [0.05, 0.1) is 5.92 Å². The number of likely N-dealkylation sites (tertiary alicyclic amines) is 2. The molecule has 7 nitrogen and oxygen atoms in total. The normalized spacial score (nSPS) is 22.1. The number of nitrogens with zero attached hydrogens (tertiary/aromatic N) is 2. The largest absolute Gasteiger partial charge is 0.481 e. The number of hydrogen-bond donors (Lipinski definition) is 1. The van der Waals surface area contributed by atoms with Crippen LogP contribution >= 0.6 is 0 Å². The van der Waals surface area contributed by atoms with Crippen LogP contribution < -0.4 is 0 Å². The zero-order valence-corrected chi connectivity index (χ0v) is 15.5. The molecule has 1 unspecified atom stereocenters. The second kappa shape index (κ2) is 8.06. The zero-order valence-electron chi connectivity index (χ0n) is 15.5. The molecule has 1 N–H and O–H groups in total. The molecule has 2 aliphatic rings. The topological polar surface area (TPSA) is 87.2 Å². The Morgan fingerprint density at radius 1 is 1.04 bits per heavy atom. The van der Waals surface area contributed by atoms with E-state index < -0.39 is 17.5 Å². The van der Waals surface area contributed by atoms with Gasteiger partial charge in [0.2, 0.25) is 5.91 Å². The molecule has 2 rings (SSSR count). The Morgan fingerprint density at radius 2 is 1.64 bits per heavy atom. The van der Waals surface area contributed by atoms with Crippen molar-refractivity contribution in [3.8, 4) is 0 Å². The molecule has 25 heavy (non-hydrogen) atoms. The van der Waals surface area contributed by atoms with E-state index in [1.165, 1.54) is 0 Å². The van der Waals surface area contributed by atoms with Gasteiger partial charge in [0.15, 0.2) is 0 Å². The first-order valence-electron chi connectivity index (χ1n) is 9.14. The third kappa shape index (κ3) is 5.90. The van der Waals surface area contributed by atoms with E-state index in [0.717, 1.165) is 19.3 Å². The number of carboxylic acid groups (broad SMARTS) is 1. The lowest BCUT2D eigenvalue weighted by molar-refractivity contribution is -0.141. The molecule has 0 aliphatic carbocycles. The summed E-state index contributed by atoms with van der Waals surface area (Å²) >= 11 is 0. The van der Waals surface area contributed by atoms with E-state index in [1.54, 1.807) is 9.80 Å². The number of carboxylic acids is 1. The highest BCUT2D eigenvalue weighted by molar-refractivity contribution is 5.78. The lowest BCUT2D eigenvalue weighted by atomic mass is 9.92. The molecule has 0 saturated carbocycles. The van der Waals surface area contributed by atoms with Gasteiger partial charge in [0.1, 0.15) is 5.60 Å². The summed E-state index contributed by atoms with van der Waals surface area (Å²) in [6.07, 6.45) is 3.31. The molecular formula is C18H30N2O5. The maximum absolute atomic E-state index is 12.2. The minimum Gasteiger partial charge on any atom is -0.481 e. The van der Waals surface area contributed by atoms with E-state index >= 15 is 0 Å². The summed E-state index contributed by atoms with van der Waals surface area (Å²) in [5, 5.41) is 9.01. The van der Waals surface area contributed by atoms with E-state index in [1.807, 2.05) is 20.8 Å². The molecule has 2 aliphatic heterocycles. The van der Waals surface area contributed by atoms with Crippen LogP contribution in [0.1, 0.15) is 52.9 Å². The molecule has 1 atom stereocenters. The van der Waals surface area contributed by atoms with Crippen molar-refractivity contribution in [2.45, 2.75) is 58.5 Å². The number of carbonyl (C=O) groups excluding carboxylic acids is 2. The van der Waals surface area contributed by atoms with Crippen LogP contribution in [0.3, 0.4) is 0 Å². The fraction of sp³-hybridized carbons (Fsp3) is 0.833. The monoisotopic (exact) mass is 354 g/mol. The van der Waals surface area contributed by atoms with Crippen molar-refractivity contribution in [2.24, 2.45) is 11.8 Å². The second-order valence-electron chi connectivity index (χ2n) is 8.11. The molecule has 7 heteroatoms. The smallest absolute Gasteiger partial charge is 0.410 e. The highest BCUT2D eigenvalue weighted by Gasteiger charge is 2.31. The summed E-state index contributed by atoms with van der Waals surface area (Å²) in [4.78, 5) is 38.7. The van der Waals surface area contributed by atoms with Crippen LogP contribution in [0.4, 0.5) is 4.79 Å². The minimum atomic E-state index is -0.815. The van der Waals surface area contributed by atoms with Crippen molar-refractivity contribution in [1.29, 1.82) is 0 Å². The highest BCUT2D eigenvalue weighted by atomic mass is 16.6. The second-order valence-corrected chi connectivity index (χ2v) is 8.11. The first kappa shape index (κ1) is 19.5. The van der Waals surface area contributed by atoms with Gasteiger partial charge < -0.3 is 19.6 Å². The number of amides is 2. The van der Waals surface area contributed by atoms with Gasteiger partial charge in [-0.15, -0.1) is 0 Å². The Balaban J connectivity index is 1.68. The molecule has 142 valence electrons. The quantitative estimate of drug-likeness (QED) is 0.837. The fourth-order valence-corrected chi connectivity index (χ4v) is 3.40. The fourth-order valence-electron chi connectivity index (χ4n) is 3.40. The molecule has 0 aromatic carbocycles. The number of carbonyl (C=O) groups is 3. The van der Waals surface area contributed by atoms with Crippen LogP contribution in [0.5, 0.6) is 0 Å². The summed E-state index contributed by atoms with van der Waals surface area (Å²) in [6, 6.07) is 0. The molecular weight excluding hydrogens is 324 g/mol. The van der Waals surface area contributed by atoms with Gasteiger partial charge in [-0.2, -0.15) is 0 Å². The Labute approximate surface area is 149 Å². The number of ether oxygens (including phenoxy) is 1. The third-order valence-electron chi connectivity index (χ3n) is 4.92. The van der Waals surface area contributed by atoms with E-state index in [0.29, 0.717) is 44.9 Å². The average Bonchev–Trinajstić information content (AvgIpc) is 3.01.